The summed E-state index contributed by atoms with van der Waals surface area (Å²) in [4.78, 5) is 0. The smallest absolute Gasteiger partial charge is 0.0721 e. The second-order valence-corrected chi connectivity index (χ2v) is 6.37. The lowest BCUT2D eigenvalue weighted by atomic mass is 9.78. The largest absolute Gasteiger partial charge is 0.373 e. The van der Waals surface area contributed by atoms with E-state index in [2.05, 4.69) is 49.9 Å². The normalized spacial score (nSPS) is 22.0. The van der Waals surface area contributed by atoms with Crippen molar-refractivity contribution in [1.29, 1.82) is 0 Å². The molecule has 0 saturated heterocycles. The Balaban J connectivity index is 1.79. The molecule has 1 fully saturated rings. The van der Waals surface area contributed by atoms with Crippen LogP contribution in [0.3, 0.4) is 0 Å². The van der Waals surface area contributed by atoms with Gasteiger partial charge in [0.1, 0.15) is 0 Å². The molecule has 2 rings (SSSR count). The molecule has 1 saturated carbocycles. The lowest BCUT2D eigenvalue weighted by molar-refractivity contribution is 0.149. The summed E-state index contributed by atoms with van der Waals surface area (Å²) in [5.74, 6) is 1.56. The second-order valence-electron chi connectivity index (χ2n) is 6.37. The van der Waals surface area contributed by atoms with Crippen LogP contribution in [0, 0.1) is 5.92 Å². The van der Waals surface area contributed by atoms with Gasteiger partial charge in [-0.25, -0.2) is 0 Å². The van der Waals surface area contributed by atoms with Crippen molar-refractivity contribution in [3.05, 3.63) is 60.2 Å². The minimum absolute atomic E-state index is 0.622. The van der Waals surface area contributed by atoms with Gasteiger partial charge in [-0.05, 0) is 55.1 Å². The Bertz CT molecular complexity index is 449. The summed E-state index contributed by atoms with van der Waals surface area (Å²) in [6.07, 6.45) is 14.5. The molecule has 1 aliphatic carbocycles. The summed E-state index contributed by atoms with van der Waals surface area (Å²) in [5, 5.41) is 0. The molecule has 0 aliphatic heterocycles. The SMILES string of the molecule is C=CCOCc1ccc(C2CCC(/C=C/CCC)CC2)cc1. The van der Waals surface area contributed by atoms with Crippen molar-refractivity contribution in [1.82, 2.24) is 0 Å². The van der Waals surface area contributed by atoms with E-state index < -0.39 is 0 Å². The molecule has 0 heterocycles. The Morgan fingerprint density at radius 1 is 1.14 bits per heavy atom. The van der Waals surface area contributed by atoms with E-state index in [0.29, 0.717) is 13.2 Å². The van der Waals surface area contributed by atoms with Crippen LogP contribution >= 0.6 is 0 Å². The van der Waals surface area contributed by atoms with E-state index in [1.54, 1.807) is 6.08 Å². The molecule has 22 heavy (non-hydrogen) atoms. The zero-order valence-corrected chi connectivity index (χ0v) is 14.0. The minimum atomic E-state index is 0.622. The number of allylic oxidation sites excluding steroid dienone is 2. The topological polar surface area (TPSA) is 9.23 Å². The van der Waals surface area contributed by atoms with Gasteiger partial charge >= 0.3 is 0 Å². The Kier molecular flexibility index (Phi) is 7.45. The highest BCUT2D eigenvalue weighted by atomic mass is 16.5. The molecule has 1 aromatic carbocycles. The number of hydrogen-bond donors (Lipinski definition) is 0. The molecular formula is C21H30O. The standard InChI is InChI=1S/C21H30O/c1-3-5-6-7-18-8-12-20(13-9-18)21-14-10-19(11-15-21)17-22-16-4-2/h4,6-7,10-11,14-15,18,20H,2-3,5,8-9,12-13,16-17H2,1H3/b7-6+. The van der Waals surface area contributed by atoms with Crippen molar-refractivity contribution in [2.24, 2.45) is 5.92 Å². The van der Waals surface area contributed by atoms with E-state index in [4.69, 9.17) is 4.74 Å². The molecule has 1 aromatic rings. The van der Waals surface area contributed by atoms with Crippen molar-refractivity contribution < 1.29 is 4.74 Å². The van der Waals surface area contributed by atoms with Gasteiger partial charge in [0.15, 0.2) is 0 Å². The zero-order chi connectivity index (χ0) is 15.6. The predicted molar refractivity (Wildman–Crippen MR) is 95.0 cm³/mol. The molecule has 0 radical (unpaired) electrons. The fraction of sp³-hybridized carbons (Fsp3) is 0.524. The first kappa shape index (κ1) is 17.0. The summed E-state index contributed by atoms with van der Waals surface area (Å²) < 4.78 is 5.49. The molecule has 0 amide bonds. The molecule has 0 bridgehead atoms. The van der Waals surface area contributed by atoms with Crippen molar-refractivity contribution in [3.8, 4) is 0 Å². The molecular weight excluding hydrogens is 268 g/mol. The van der Waals surface area contributed by atoms with Gasteiger partial charge in [0.25, 0.3) is 0 Å². The first-order valence-electron chi connectivity index (χ1n) is 8.77. The average Bonchev–Trinajstić information content (AvgIpc) is 2.57. The van der Waals surface area contributed by atoms with Crippen LogP contribution < -0.4 is 0 Å². The van der Waals surface area contributed by atoms with Crippen LogP contribution in [0.1, 0.15) is 62.5 Å². The second kappa shape index (κ2) is 9.63. The van der Waals surface area contributed by atoms with Gasteiger partial charge in [-0.2, -0.15) is 0 Å². The summed E-state index contributed by atoms with van der Waals surface area (Å²) >= 11 is 0. The van der Waals surface area contributed by atoms with Crippen molar-refractivity contribution in [2.75, 3.05) is 6.61 Å². The van der Waals surface area contributed by atoms with Crippen molar-refractivity contribution in [2.45, 2.75) is 58.0 Å². The number of benzene rings is 1. The first-order valence-corrected chi connectivity index (χ1v) is 8.77. The molecule has 1 nitrogen and oxygen atoms in total. The molecule has 0 spiro atoms. The third-order valence-electron chi connectivity index (χ3n) is 4.59. The Hall–Kier alpha value is -1.34. The highest BCUT2D eigenvalue weighted by Gasteiger charge is 2.20. The van der Waals surface area contributed by atoms with Crippen LogP contribution in [0.5, 0.6) is 0 Å². The lowest BCUT2D eigenvalue weighted by Gasteiger charge is -2.27. The maximum atomic E-state index is 5.49. The Morgan fingerprint density at radius 2 is 1.86 bits per heavy atom. The van der Waals surface area contributed by atoms with E-state index in [1.807, 2.05) is 0 Å². The maximum Gasteiger partial charge on any atom is 0.0721 e. The molecule has 1 aliphatic rings. The monoisotopic (exact) mass is 298 g/mol. The Morgan fingerprint density at radius 3 is 2.50 bits per heavy atom. The Labute approximate surface area is 136 Å². The molecule has 0 atom stereocenters. The van der Waals surface area contributed by atoms with Crippen LogP contribution in [0.2, 0.25) is 0 Å². The number of rotatable bonds is 8. The van der Waals surface area contributed by atoms with E-state index in [0.717, 1.165) is 11.8 Å². The zero-order valence-electron chi connectivity index (χ0n) is 14.0. The van der Waals surface area contributed by atoms with Gasteiger partial charge in [-0.3, -0.25) is 0 Å². The van der Waals surface area contributed by atoms with Crippen molar-refractivity contribution >= 4 is 0 Å². The third-order valence-corrected chi connectivity index (χ3v) is 4.59. The minimum Gasteiger partial charge on any atom is -0.373 e. The number of hydrogen-bond acceptors (Lipinski definition) is 1. The summed E-state index contributed by atoms with van der Waals surface area (Å²) in [6, 6.07) is 9.02. The molecule has 0 aromatic heterocycles. The quantitative estimate of drug-likeness (QED) is 0.421. The number of ether oxygens (including phenoxy) is 1. The highest BCUT2D eigenvalue weighted by molar-refractivity contribution is 5.25. The van der Waals surface area contributed by atoms with Gasteiger partial charge in [0.05, 0.1) is 13.2 Å². The summed E-state index contributed by atoms with van der Waals surface area (Å²) in [7, 11) is 0. The molecule has 1 heteroatoms. The summed E-state index contributed by atoms with van der Waals surface area (Å²) in [5.41, 5.74) is 2.75. The van der Waals surface area contributed by atoms with Crippen LogP contribution in [-0.4, -0.2) is 6.61 Å². The highest BCUT2D eigenvalue weighted by Crippen LogP contribution is 2.36. The van der Waals surface area contributed by atoms with Gasteiger partial charge in [0, 0.05) is 0 Å². The fourth-order valence-electron chi connectivity index (χ4n) is 3.25. The fourth-order valence-corrected chi connectivity index (χ4v) is 3.25. The average molecular weight is 298 g/mol. The van der Waals surface area contributed by atoms with E-state index in [1.165, 1.54) is 49.7 Å². The maximum absolute atomic E-state index is 5.49. The van der Waals surface area contributed by atoms with Gasteiger partial charge in [-0.1, -0.05) is 55.8 Å². The van der Waals surface area contributed by atoms with E-state index in [9.17, 15) is 0 Å². The van der Waals surface area contributed by atoms with Crippen LogP contribution in [-0.2, 0) is 11.3 Å². The molecule has 0 N–H and O–H groups in total. The lowest BCUT2D eigenvalue weighted by Crippen LogP contribution is -2.11. The van der Waals surface area contributed by atoms with E-state index >= 15 is 0 Å². The van der Waals surface area contributed by atoms with Gasteiger partial charge < -0.3 is 4.74 Å². The van der Waals surface area contributed by atoms with Gasteiger partial charge in [-0.15, -0.1) is 6.58 Å². The van der Waals surface area contributed by atoms with Gasteiger partial charge in [0.2, 0.25) is 0 Å². The summed E-state index contributed by atoms with van der Waals surface area (Å²) in [6.45, 7) is 7.21. The van der Waals surface area contributed by atoms with Crippen LogP contribution in [0.15, 0.2) is 49.1 Å². The third kappa shape index (κ3) is 5.46. The van der Waals surface area contributed by atoms with Crippen molar-refractivity contribution in [3.63, 3.8) is 0 Å². The van der Waals surface area contributed by atoms with Crippen LogP contribution in [0.4, 0.5) is 0 Å². The predicted octanol–water partition coefficient (Wildman–Crippen LogP) is 6.02. The molecule has 0 unspecified atom stereocenters. The number of unbranched alkanes of at least 4 members (excludes halogenated alkanes) is 1. The molecule has 120 valence electrons. The van der Waals surface area contributed by atoms with E-state index in [-0.39, 0.29) is 0 Å². The van der Waals surface area contributed by atoms with Crippen LogP contribution in [0.25, 0.3) is 0 Å². The first-order chi connectivity index (χ1) is 10.8.